The maximum Gasteiger partial charge on any atom is 0.258 e. The largest absolute Gasteiger partial charge is 0.378 e. The van der Waals surface area contributed by atoms with E-state index in [0.29, 0.717) is 36.1 Å². The highest BCUT2D eigenvalue weighted by Crippen LogP contribution is 2.26. The zero-order chi connectivity index (χ0) is 20.9. The zero-order valence-electron chi connectivity index (χ0n) is 17.1. The molecule has 1 amide bonds. The Hall–Kier alpha value is -2.63. The van der Waals surface area contributed by atoms with Gasteiger partial charge in [0.1, 0.15) is 5.15 Å². The summed E-state index contributed by atoms with van der Waals surface area (Å²) in [4.78, 5) is 15.0. The van der Waals surface area contributed by atoms with Crippen molar-refractivity contribution in [1.82, 2.24) is 14.7 Å². The topological polar surface area (TPSA) is 47.4 Å². The van der Waals surface area contributed by atoms with Gasteiger partial charge < -0.3 is 9.64 Å². The highest BCUT2D eigenvalue weighted by molar-refractivity contribution is 6.33. The van der Waals surface area contributed by atoms with Crippen LogP contribution in [0.15, 0.2) is 60.7 Å². The highest BCUT2D eigenvalue weighted by Gasteiger charge is 2.29. The number of amides is 1. The first kappa shape index (κ1) is 20.6. The Morgan fingerprint density at radius 3 is 2.37 bits per heavy atom. The molecule has 0 radical (unpaired) electrons. The summed E-state index contributed by atoms with van der Waals surface area (Å²) >= 11 is 6.56. The standard InChI is InChI=1S/C24H26ClN3O2/c1-18-22(23(25)28(26-18)20-10-6-3-7-11-20)24(29)27-15-12-21(13-16-27)30-17-14-19-8-4-2-5-9-19/h2-11,21H,12-17H2,1H3. The average molecular weight is 424 g/mol. The Kier molecular flexibility index (Phi) is 6.50. The molecule has 6 heteroatoms. The van der Waals surface area contributed by atoms with Gasteiger partial charge in [-0.1, -0.05) is 60.1 Å². The molecule has 0 saturated carbocycles. The minimum absolute atomic E-state index is 0.0533. The van der Waals surface area contributed by atoms with Crippen LogP contribution in [0.4, 0.5) is 0 Å². The zero-order valence-corrected chi connectivity index (χ0v) is 17.9. The maximum absolute atomic E-state index is 13.1. The number of likely N-dealkylation sites (tertiary alicyclic amines) is 1. The van der Waals surface area contributed by atoms with E-state index in [0.717, 1.165) is 24.9 Å². The lowest BCUT2D eigenvalue weighted by Gasteiger charge is -2.32. The lowest BCUT2D eigenvalue weighted by molar-refractivity contribution is 0.0100. The van der Waals surface area contributed by atoms with Crippen molar-refractivity contribution >= 4 is 17.5 Å². The van der Waals surface area contributed by atoms with Gasteiger partial charge in [-0.25, -0.2) is 4.68 Å². The smallest absolute Gasteiger partial charge is 0.258 e. The molecule has 30 heavy (non-hydrogen) atoms. The van der Waals surface area contributed by atoms with Crippen LogP contribution in [0.25, 0.3) is 5.69 Å². The molecule has 1 fully saturated rings. The first-order valence-corrected chi connectivity index (χ1v) is 10.8. The lowest BCUT2D eigenvalue weighted by atomic mass is 10.1. The third-order valence-electron chi connectivity index (χ3n) is 5.53. The molecule has 0 N–H and O–H groups in total. The fourth-order valence-corrected chi connectivity index (χ4v) is 4.21. The molecule has 2 heterocycles. The first-order chi connectivity index (χ1) is 14.6. The van der Waals surface area contributed by atoms with E-state index < -0.39 is 0 Å². The summed E-state index contributed by atoms with van der Waals surface area (Å²) in [5.41, 5.74) is 3.26. The number of rotatable bonds is 6. The van der Waals surface area contributed by atoms with Crippen molar-refractivity contribution in [3.8, 4) is 5.69 Å². The highest BCUT2D eigenvalue weighted by atomic mass is 35.5. The third-order valence-corrected chi connectivity index (χ3v) is 5.88. The summed E-state index contributed by atoms with van der Waals surface area (Å²) in [5.74, 6) is -0.0533. The van der Waals surface area contributed by atoms with E-state index in [1.807, 2.05) is 60.4 Å². The summed E-state index contributed by atoms with van der Waals surface area (Å²) in [5, 5.41) is 4.86. The fourth-order valence-electron chi connectivity index (χ4n) is 3.85. The number of carbonyl (C=O) groups is 1. The molecule has 1 saturated heterocycles. The Morgan fingerprint density at radius 2 is 1.70 bits per heavy atom. The molecule has 0 bridgehead atoms. The molecule has 5 nitrogen and oxygen atoms in total. The van der Waals surface area contributed by atoms with Gasteiger partial charge in [0.05, 0.1) is 29.7 Å². The summed E-state index contributed by atoms with van der Waals surface area (Å²) in [6, 6.07) is 20.0. The second kappa shape index (κ2) is 9.45. The van der Waals surface area contributed by atoms with Gasteiger partial charge in [-0.15, -0.1) is 0 Å². The Balaban J connectivity index is 1.34. The molecular weight excluding hydrogens is 398 g/mol. The maximum atomic E-state index is 13.1. The molecule has 1 aliphatic heterocycles. The van der Waals surface area contributed by atoms with Gasteiger partial charge in [0.2, 0.25) is 0 Å². The van der Waals surface area contributed by atoms with Crippen molar-refractivity contribution in [2.24, 2.45) is 0 Å². The van der Waals surface area contributed by atoms with E-state index in [4.69, 9.17) is 16.3 Å². The van der Waals surface area contributed by atoms with Crippen molar-refractivity contribution in [1.29, 1.82) is 0 Å². The molecular formula is C24H26ClN3O2. The van der Waals surface area contributed by atoms with E-state index in [1.165, 1.54) is 5.56 Å². The summed E-state index contributed by atoms with van der Waals surface area (Å²) < 4.78 is 7.68. The summed E-state index contributed by atoms with van der Waals surface area (Å²) in [6.07, 6.45) is 2.78. The third kappa shape index (κ3) is 4.58. The van der Waals surface area contributed by atoms with Crippen molar-refractivity contribution in [2.45, 2.75) is 32.3 Å². The number of carbonyl (C=O) groups excluding carboxylic acids is 1. The van der Waals surface area contributed by atoms with E-state index in [2.05, 4.69) is 17.2 Å². The number of aromatic nitrogens is 2. The number of hydrogen-bond donors (Lipinski definition) is 0. The Bertz CT molecular complexity index is 980. The number of aryl methyl sites for hydroxylation is 1. The molecule has 0 atom stereocenters. The minimum atomic E-state index is -0.0533. The SMILES string of the molecule is Cc1nn(-c2ccccc2)c(Cl)c1C(=O)N1CCC(OCCc2ccccc2)CC1. The van der Waals surface area contributed by atoms with Gasteiger partial charge in [0.25, 0.3) is 5.91 Å². The predicted octanol–water partition coefficient (Wildman–Crippen LogP) is 4.70. The number of piperidine rings is 1. The molecule has 156 valence electrons. The Labute approximate surface area is 182 Å². The summed E-state index contributed by atoms with van der Waals surface area (Å²) in [7, 11) is 0. The van der Waals surface area contributed by atoms with Gasteiger partial charge in [-0.2, -0.15) is 5.10 Å². The van der Waals surface area contributed by atoms with E-state index in [9.17, 15) is 4.79 Å². The van der Waals surface area contributed by atoms with Crippen LogP contribution >= 0.6 is 11.6 Å². The summed E-state index contributed by atoms with van der Waals surface area (Å²) in [6.45, 7) is 3.87. The monoisotopic (exact) mass is 423 g/mol. The van der Waals surface area contributed by atoms with Gasteiger partial charge in [-0.05, 0) is 43.9 Å². The van der Waals surface area contributed by atoms with Gasteiger partial charge in [-0.3, -0.25) is 4.79 Å². The lowest BCUT2D eigenvalue weighted by Crippen LogP contribution is -2.41. The number of halogens is 1. The van der Waals surface area contributed by atoms with Crippen molar-refractivity contribution in [2.75, 3.05) is 19.7 Å². The molecule has 0 unspecified atom stereocenters. The molecule has 0 spiro atoms. The van der Waals surface area contributed by atoms with Gasteiger partial charge >= 0.3 is 0 Å². The van der Waals surface area contributed by atoms with Crippen LogP contribution in [0.1, 0.15) is 34.5 Å². The van der Waals surface area contributed by atoms with E-state index in [-0.39, 0.29) is 12.0 Å². The van der Waals surface area contributed by atoms with Gasteiger partial charge in [0, 0.05) is 13.1 Å². The minimum Gasteiger partial charge on any atom is -0.378 e. The van der Waals surface area contributed by atoms with Crippen molar-refractivity contribution < 1.29 is 9.53 Å². The van der Waals surface area contributed by atoms with Crippen LogP contribution < -0.4 is 0 Å². The Morgan fingerprint density at radius 1 is 1.07 bits per heavy atom. The molecule has 0 aliphatic carbocycles. The normalized spacial score (nSPS) is 14.8. The van der Waals surface area contributed by atoms with Crippen molar-refractivity contribution in [3.63, 3.8) is 0 Å². The second-order valence-corrected chi connectivity index (χ2v) is 7.95. The van der Waals surface area contributed by atoms with E-state index in [1.54, 1.807) is 4.68 Å². The number of para-hydroxylation sites is 1. The van der Waals surface area contributed by atoms with Crippen LogP contribution in [0, 0.1) is 6.92 Å². The van der Waals surface area contributed by atoms with Crippen LogP contribution in [0.5, 0.6) is 0 Å². The molecule has 4 rings (SSSR count). The van der Waals surface area contributed by atoms with Crippen LogP contribution in [0.2, 0.25) is 5.15 Å². The van der Waals surface area contributed by atoms with Crippen LogP contribution in [-0.4, -0.2) is 46.4 Å². The van der Waals surface area contributed by atoms with Crippen LogP contribution in [-0.2, 0) is 11.2 Å². The first-order valence-electron chi connectivity index (χ1n) is 10.4. The number of hydrogen-bond acceptors (Lipinski definition) is 3. The number of benzene rings is 2. The molecule has 2 aromatic carbocycles. The molecule has 3 aromatic rings. The van der Waals surface area contributed by atoms with Gasteiger partial charge in [0.15, 0.2) is 0 Å². The fraction of sp³-hybridized carbons (Fsp3) is 0.333. The number of nitrogens with zero attached hydrogens (tertiary/aromatic N) is 3. The molecule has 1 aliphatic rings. The van der Waals surface area contributed by atoms with Crippen molar-refractivity contribution in [3.05, 3.63) is 82.6 Å². The van der Waals surface area contributed by atoms with Crippen LogP contribution in [0.3, 0.4) is 0 Å². The second-order valence-electron chi connectivity index (χ2n) is 7.60. The predicted molar refractivity (Wildman–Crippen MR) is 118 cm³/mol. The van der Waals surface area contributed by atoms with E-state index >= 15 is 0 Å². The number of ether oxygens (including phenoxy) is 1. The average Bonchev–Trinajstić information content (AvgIpc) is 3.09. The quantitative estimate of drug-likeness (QED) is 0.577. The molecule has 1 aromatic heterocycles.